The first-order valence-corrected chi connectivity index (χ1v) is 6.64. The molecule has 0 N–H and O–H groups in total. The van der Waals surface area contributed by atoms with Gasteiger partial charge in [-0.15, -0.1) is 0 Å². The lowest BCUT2D eigenvalue weighted by molar-refractivity contribution is 0.457. The maximum Gasteiger partial charge on any atom is -0.0448 e. The van der Waals surface area contributed by atoms with Gasteiger partial charge in [-0.05, 0) is 23.7 Å². The summed E-state index contributed by atoms with van der Waals surface area (Å²) >= 11 is 0. The fourth-order valence-corrected chi connectivity index (χ4v) is 0. The molecule has 0 aliphatic rings. The first-order chi connectivity index (χ1) is 6.64. The van der Waals surface area contributed by atoms with E-state index < -0.39 is 0 Å². The molecule has 0 aromatic rings. The van der Waals surface area contributed by atoms with Crippen molar-refractivity contribution in [2.75, 3.05) is 0 Å². The van der Waals surface area contributed by atoms with Crippen molar-refractivity contribution in [3.8, 4) is 0 Å². The first-order valence-electron chi connectivity index (χ1n) is 6.64. The van der Waals surface area contributed by atoms with Crippen molar-refractivity contribution >= 4 is 0 Å². The monoisotopic (exact) mass is 232 g/mol. The summed E-state index contributed by atoms with van der Waals surface area (Å²) in [7, 11) is 0. The van der Waals surface area contributed by atoms with E-state index >= 15 is 0 Å². The number of hydrogen-bond acceptors (Lipinski definition) is 0. The van der Waals surface area contributed by atoms with Crippen molar-refractivity contribution < 1.29 is 0 Å². The van der Waals surface area contributed by atoms with E-state index in [0.29, 0.717) is 0 Å². The van der Waals surface area contributed by atoms with Gasteiger partial charge in [-0.2, -0.15) is 0 Å². The largest absolute Gasteiger partial charge is 0.0776 e. The van der Waals surface area contributed by atoms with Gasteiger partial charge in [0.2, 0.25) is 0 Å². The summed E-state index contributed by atoms with van der Waals surface area (Å²) < 4.78 is 0. The van der Waals surface area contributed by atoms with Gasteiger partial charge in [-0.3, -0.25) is 0 Å². The summed E-state index contributed by atoms with van der Waals surface area (Å²) in [5.41, 5.74) is 0. The molecule has 0 fully saturated rings. The van der Waals surface area contributed by atoms with Crippen molar-refractivity contribution in [2.45, 2.75) is 83.1 Å². The van der Waals surface area contributed by atoms with Crippen molar-refractivity contribution in [3.63, 3.8) is 0 Å². The Morgan fingerprint density at radius 3 is 0.750 bits per heavy atom. The molecular formula is C16H40. The van der Waals surface area contributed by atoms with Crippen LogP contribution in [-0.4, -0.2) is 0 Å². The Labute approximate surface area is 107 Å². The van der Waals surface area contributed by atoms with Crippen LogP contribution in [0.3, 0.4) is 0 Å². The minimum absolute atomic E-state index is 0. The molecule has 0 saturated carbocycles. The molecule has 0 radical (unpaired) electrons. The minimum atomic E-state index is 0. The lowest BCUT2D eigenvalue weighted by atomic mass is 10.0. The normalized spacial score (nSPS) is 9.38. The Balaban J connectivity index is -0.0000000668. The topological polar surface area (TPSA) is 0 Å². The molecule has 0 amide bonds. The highest BCUT2D eigenvalue weighted by Crippen LogP contribution is 2.05. The van der Waals surface area contributed by atoms with Crippen LogP contribution in [0.25, 0.3) is 0 Å². The molecule has 0 aliphatic heterocycles. The van der Waals surface area contributed by atoms with Crippen LogP contribution < -0.4 is 0 Å². The molecule has 0 aliphatic carbocycles. The summed E-state index contributed by atoms with van der Waals surface area (Å²) in [6.07, 6.45) is 1.31. The van der Waals surface area contributed by atoms with E-state index in [1.807, 2.05) is 0 Å². The third kappa shape index (κ3) is 65.7. The predicted molar refractivity (Wildman–Crippen MR) is 82.0 cm³/mol. The van der Waals surface area contributed by atoms with Gasteiger partial charge in [0.25, 0.3) is 0 Å². The van der Waals surface area contributed by atoms with Crippen molar-refractivity contribution in [3.05, 3.63) is 0 Å². The van der Waals surface area contributed by atoms with Crippen LogP contribution in [0.15, 0.2) is 0 Å². The van der Waals surface area contributed by atoms with E-state index in [1.54, 1.807) is 0 Å². The van der Waals surface area contributed by atoms with Crippen LogP contribution in [0.4, 0.5) is 0 Å². The molecule has 0 bridgehead atoms. The maximum atomic E-state index is 2.24. The highest BCUT2D eigenvalue weighted by molar-refractivity contribution is 4.46. The van der Waals surface area contributed by atoms with Crippen molar-refractivity contribution in [1.82, 2.24) is 0 Å². The molecule has 0 aromatic carbocycles. The molecule has 0 heteroatoms. The zero-order valence-electron chi connectivity index (χ0n) is 13.0. The van der Waals surface area contributed by atoms with Crippen LogP contribution in [0, 0.1) is 23.7 Å². The van der Waals surface area contributed by atoms with E-state index in [9.17, 15) is 0 Å². The molecule has 0 heterocycles. The number of hydrogen-bond donors (Lipinski definition) is 0. The van der Waals surface area contributed by atoms with Crippen LogP contribution in [0.1, 0.15) is 83.1 Å². The van der Waals surface area contributed by atoms with E-state index in [1.165, 1.54) is 6.42 Å². The maximum absolute atomic E-state index is 2.24. The van der Waals surface area contributed by atoms with Crippen LogP contribution in [0.5, 0.6) is 0 Å². The number of rotatable bonds is 2. The van der Waals surface area contributed by atoms with E-state index in [4.69, 9.17) is 0 Å². The molecule has 104 valence electrons. The van der Waals surface area contributed by atoms with Gasteiger partial charge in [0, 0.05) is 0 Å². The zero-order chi connectivity index (χ0) is 13.0. The average Bonchev–Trinajstić information content (AvgIpc) is 2.04. The van der Waals surface area contributed by atoms with Crippen molar-refractivity contribution in [1.29, 1.82) is 0 Å². The van der Waals surface area contributed by atoms with Gasteiger partial charge in [0.05, 0.1) is 0 Å². The van der Waals surface area contributed by atoms with Gasteiger partial charge in [0.1, 0.15) is 0 Å². The smallest absolute Gasteiger partial charge is 0.0448 e. The van der Waals surface area contributed by atoms with Gasteiger partial charge < -0.3 is 0 Å². The molecule has 0 aromatic heterocycles. The third-order valence-electron chi connectivity index (χ3n) is 2.15. The lowest BCUT2D eigenvalue weighted by Crippen LogP contribution is -1.95. The second-order valence-electron chi connectivity index (χ2n) is 6.02. The second kappa shape index (κ2) is 17.4. The molecule has 0 rings (SSSR count). The summed E-state index contributed by atoms with van der Waals surface area (Å²) in [6.45, 7) is 22.1. The van der Waals surface area contributed by atoms with Gasteiger partial charge in [0.15, 0.2) is 0 Å². The molecular weight excluding hydrogens is 192 g/mol. The summed E-state index contributed by atoms with van der Waals surface area (Å²) in [6, 6.07) is 0. The molecule has 0 atom stereocenters. The van der Waals surface area contributed by atoms with E-state index in [2.05, 4.69) is 69.2 Å². The average molecular weight is 232 g/mol. The van der Waals surface area contributed by atoms with Gasteiger partial charge in [-0.25, -0.2) is 0 Å². The Bertz CT molecular complexity index is 79.5. The van der Waals surface area contributed by atoms with Crippen LogP contribution in [-0.2, 0) is 0 Å². The van der Waals surface area contributed by atoms with Crippen molar-refractivity contribution in [2.24, 2.45) is 23.7 Å². The Hall–Kier alpha value is 0. The molecule has 0 spiro atoms. The van der Waals surface area contributed by atoms with Gasteiger partial charge in [-0.1, -0.05) is 83.1 Å². The quantitative estimate of drug-likeness (QED) is 0.500. The standard InChI is InChI=1S/C6H14.C5H12.C4H10.CH4/c1-5(2)6(3)4;1-4-5(2)3;1-4(2)3;/h5-6H,1-4H3;5H,4H2,1-3H3;4H,1-3H3;1H4. The fourth-order valence-electron chi connectivity index (χ4n) is 0. The highest BCUT2D eigenvalue weighted by atomic mass is 14.0. The lowest BCUT2D eigenvalue weighted by Gasteiger charge is -2.05. The molecule has 0 nitrogen and oxygen atoms in total. The fraction of sp³-hybridized carbons (Fsp3) is 1.00. The second-order valence-corrected chi connectivity index (χ2v) is 6.02. The Morgan fingerprint density at radius 2 is 0.750 bits per heavy atom. The summed E-state index contributed by atoms with van der Waals surface area (Å²) in [5.74, 6) is 3.42. The van der Waals surface area contributed by atoms with Crippen LogP contribution in [0.2, 0.25) is 0 Å². The Kier molecular flexibility index (Phi) is 27.2. The van der Waals surface area contributed by atoms with E-state index in [0.717, 1.165) is 23.7 Å². The summed E-state index contributed by atoms with van der Waals surface area (Å²) in [5, 5.41) is 0. The van der Waals surface area contributed by atoms with Crippen LogP contribution >= 0.6 is 0 Å². The predicted octanol–water partition coefficient (Wildman–Crippen LogP) is 6.65. The third-order valence-corrected chi connectivity index (χ3v) is 2.15. The SMILES string of the molecule is C.CC(C)C.CC(C)C(C)C.CCC(C)C. The minimum Gasteiger partial charge on any atom is -0.0776 e. The first kappa shape index (κ1) is 25.0. The molecule has 0 saturated heterocycles. The summed E-state index contributed by atoms with van der Waals surface area (Å²) in [4.78, 5) is 0. The van der Waals surface area contributed by atoms with E-state index in [-0.39, 0.29) is 7.43 Å². The Morgan fingerprint density at radius 1 is 0.625 bits per heavy atom. The van der Waals surface area contributed by atoms with Gasteiger partial charge >= 0.3 is 0 Å². The molecule has 16 heavy (non-hydrogen) atoms. The molecule has 0 unspecified atom stereocenters. The highest BCUT2D eigenvalue weighted by Gasteiger charge is 1.95. The zero-order valence-corrected chi connectivity index (χ0v) is 13.0.